The number of allylic oxidation sites excluding steroid dienone is 1. The van der Waals surface area contributed by atoms with Gasteiger partial charge in [-0.25, -0.2) is 0 Å². The molecule has 1 heterocycles. The van der Waals surface area contributed by atoms with Gasteiger partial charge in [0.05, 0.1) is 6.67 Å². The molecule has 1 aliphatic rings. The summed E-state index contributed by atoms with van der Waals surface area (Å²) in [7, 11) is 0. The van der Waals surface area contributed by atoms with E-state index in [9.17, 15) is 0 Å². The van der Waals surface area contributed by atoms with Crippen LogP contribution in [-0.4, -0.2) is 6.67 Å². The van der Waals surface area contributed by atoms with E-state index < -0.39 is 0 Å². The third-order valence-electron chi connectivity index (χ3n) is 2.42. The van der Waals surface area contributed by atoms with E-state index in [0.29, 0.717) is 5.92 Å². The van der Waals surface area contributed by atoms with Gasteiger partial charge in [-0.05, 0) is 5.56 Å². The van der Waals surface area contributed by atoms with E-state index in [1.165, 1.54) is 11.3 Å². The largest absolute Gasteiger partial charge is 0.372 e. The molecule has 68 valence electrons. The molecule has 1 aromatic carbocycles. The summed E-state index contributed by atoms with van der Waals surface area (Å²) in [6, 6.07) is 10.5. The second kappa shape index (κ2) is 3.52. The number of nitrogens with one attached hydrogen (secondary N) is 2. The first kappa shape index (κ1) is 8.17. The molecule has 1 aromatic rings. The van der Waals surface area contributed by atoms with Crippen molar-refractivity contribution in [3.63, 3.8) is 0 Å². The lowest BCUT2D eigenvalue weighted by atomic mass is 9.98. The van der Waals surface area contributed by atoms with Gasteiger partial charge in [-0.3, -0.25) is 0 Å². The van der Waals surface area contributed by atoms with Crippen molar-refractivity contribution in [1.82, 2.24) is 10.6 Å². The highest BCUT2D eigenvalue weighted by molar-refractivity contribution is 5.27. The van der Waals surface area contributed by atoms with Crippen molar-refractivity contribution in [3.05, 3.63) is 47.8 Å². The van der Waals surface area contributed by atoms with Crippen molar-refractivity contribution in [2.45, 2.75) is 12.8 Å². The summed E-state index contributed by atoms with van der Waals surface area (Å²) in [6.07, 6.45) is 2.05. The molecular weight excluding hydrogens is 160 g/mol. The quantitative estimate of drug-likeness (QED) is 0.714. The molecule has 0 radical (unpaired) electrons. The first-order valence-electron chi connectivity index (χ1n) is 4.60. The van der Waals surface area contributed by atoms with Crippen LogP contribution in [0.3, 0.4) is 0 Å². The molecule has 0 saturated heterocycles. The molecular formula is C11H14N2. The van der Waals surface area contributed by atoms with Gasteiger partial charge in [-0.15, -0.1) is 0 Å². The summed E-state index contributed by atoms with van der Waals surface area (Å²) < 4.78 is 0. The minimum atomic E-state index is 0.455. The highest BCUT2D eigenvalue weighted by Gasteiger charge is 2.12. The molecule has 0 aromatic heterocycles. The van der Waals surface area contributed by atoms with E-state index in [1.54, 1.807) is 0 Å². The van der Waals surface area contributed by atoms with Crippen LogP contribution in [0.25, 0.3) is 0 Å². The summed E-state index contributed by atoms with van der Waals surface area (Å²) >= 11 is 0. The molecule has 2 nitrogen and oxygen atoms in total. The average Bonchev–Trinajstić information content (AvgIpc) is 2.71. The molecule has 0 aliphatic carbocycles. The average molecular weight is 174 g/mol. The molecule has 1 aliphatic heterocycles. The molecule has 0 spiro atoms. The van der Waals surface area contributed by atoms with Crippen LogP contribution in [0, 0.1) is 0 Å². The molecule has 2 rings (SSSR count). The van der Waals surface area contributed by atoms with Crippen molar-refractivity contribution >= 4 is 0 Å². The second-order valence-corrected chi connectivity index (χ2v) is 3.29. The fraction of sp³-hybridized carbons (Fsp3) is 0.273. The van der Waals surface area contributed by atoms with Crippen LogP contribution >= 0.6 is 0 Å². The van der Waals surface area contributed by atoms with Crippen molar-refractivity contribution in [2.24, 2.45) is 0 Å². The topological polar surface area (TPSA) is 24.1 Å². The summed E-state index contributed by atoms with van der Waals surface area (Å²) in [6.45, 7) is 3.06. The van der Waals surface area contributed by atoms with Crippen LogP contribution in [0.2, 0.25) is 0 Å². The predicted octanol–water partition coefficient (Wildman–Crippen LogP) is 1.78. The third-order valence-corrected chi connectivity index (χ3v) is 2.42. The van der Waals surface area contributed by atoms with E-state index in [-0.39, 0.29) is 0 Å². The minimum absolute atomic E-state index is 0.455. The maximum Gasteiger partial charge on any atom is 0.0843 e. The first-order valence-corrected chi connectivity index (χ1v) is 4.60. The Balaban J connectivity index is 2.17. The van der Waals surface area contributed by atoms with Crippen molar-refractivity contribution < 1.29 is 0 Å². The number of rotatable bonds is 2. The number of benzene rings is 1. The molecule has 1 atom stereocenters. The first-order chi connectivity index (χ1) is 6.38. The molecule has 0 bridgehead atoms. The van der Waals surface area contributed by atoms with Crippen LogP contribution in [0.15, 0.2) is 42.2 Å². The van der Waals surface area contributed by atoms with Crippen molar-refractivity contribution in [2.75, 3.05) is 6.67 Å². The Morgan fingerprint density at radius 3 is 2.62 bits per heavy atom. The Hall–Kier alpha value is -1.44. The molecule has 0 fully saturated rings. The molecule has 2 N–H and O–H groups in total. The fourth-order valence-electron chi connectivity index (χ4n) is 1.56. The van der Waals surface area contributed by atoms with Gasteiger partial charge >= 0.3 is 0 Å². The Morgan fingerprint density at radius 2 is 2.00 bits per heavy atom. The second-order valence-electron chi connectivity index (χ2n) is 3.29. The van der Waals surface area contributed by atoms with Crippen molar-refractivity contribution in [3.8, 4) is 0 Å². The lowest BCUT2D eigenvalue weighted by molar-refractivity contribution is 0.748. The minimum Gasteiger partial charge on any atom is -0.372 e. The summed E-state index contributed by atoms with van der Waals surface area (Å²) in [5, 5.41) is 6.45. The fourth-order valence-corrected chi connectivity index (χ4v) is 1.56. The van der Waals surface area contributed by atoms with Gasteiger partial charge in [0, 0.05) is 17.8 Å². The monoisotopic (exact) mass is 174 g/mol. The zero-order chi connectivity index (χ0) is 9.10. The Kier molecular flexibility index (Phi) is 2.21. The maximum atomic E-state index is 3.30. The van der Waals surface area contributed by atoms with Crippen LogP contribution < -0.4 is 10.6 Å². The van der Waals surface area contributed by atoms with Gasteiger partial charge in [-0.1, -0.05) is 37.3 Å². The smallest absolute Gasteiger partial charge is 0.0843 e. The molecule has 0 amide bonds. The lowest BCUT2D eigenvalue weighted by Crippen LogP contribution is -2.16. The zero-order valence-electron chi connectivity index (χ0n) is 7.75. The van der Waals surface area contributed by atoms with Gasteiger partial charge in [0.1, 0.15) is 0 Å². The highest BCUT2D eigenvalue weighted by atomic mass is 15.1. The van der Waals surface area contributed by atoms with E-state index in [4.69, 9.17) is 0 Å². The maximum absolute atomic E-state index is 3.30. The predicted molar refractivity (Wildman–Crippen MR) is 54.1 cm³/mol. The van der Waals surface area contributed by atoms with Gasteiger partial charge < -0.3 is 10.6 Å². The summed E-state index contributed by atoms with van der Waals surface area (Å²) in [5.74, 6) is 0.455. The van der Waals surface area contributed by atoms with E-state index in [1.807, 2.05) is 6.07 Å². The molecule has 1 unspecified atom stereocenters. The molecule has 13 heavy (non-hydrogen) atoms. The summed E-state index contributed by atoms with van der Waals surface area (Å²) in [4.78, 5) is 0. The van der Waals surface area contributed by atoms with Crippen molar-refractivity contribution in [1.29, 1.82) is 0 Å². The normalized spacial score (nSPS) is 17.2. The van der Waals surface area contributed by atoms with E-state index in [0.717, 1.165) is 6.67 Å². The van der Waals surface area contributed by atoms with Gasteiger partial charge in [0.25, 0.3) is 0 Å². The van der Waals surface area contributed by atoms with E-state index >= 15 is 0 Å². The third kappa shape index (κ3) is 1.66. The van der Waals surface area contributed by atoms with Crippen LogP contribution in [0.4, 0.5) is 0 Å². The Bertz CT molecular complexity index is 303. The highest BCUT2D eigenvalue weighted by Crippen LogP contribution is 2.21. The standard InChI is InChI=1S/C11H14N2/c1-9(11-7-12-8-13-11)10-5-3-2-4-6-10/h2-7,9,12-13H,8H2,1H3. The van der Waals surface area contributed by atoms with Crippen LogP contribution in [0.1, 0.15) is 18.4 Å². The van der Waals surface area contributed by atoms with E-state index in [2.05, 4.69) is 48.0 Å². The summed E-state index contributed by atoms with van der Waals surface area (Å²) in [5.41, 5.74) is 2.62. The zero-order valence-corrected chi connectivity index (χ0v) is 7.75. The lowest BCUT2D eigenvalue weighted by Gasteiger charge is -2.12. The van der Waals surface area contributed by atoms with Crippen LogP contribution in [0.5, 0.6) is 0 Å². The Morgan fingerprint density at radius 1 is 1.23 bits per heavy atom. The molecule has 0 saturated carbocycles. The van der Waals surface area contributed by atoms with Gasteiger partial charge in [0.2, 0.25) is 0 Å². The Labute approximate surface area is 78.7 Å². The van der Waals surface area contributed by atoms with Gasteiger partial charge in [0.15, 0.2) is 0 Å². The number of hydrogen-bond acceptors (Lipinski definition) is 2. The molecule has 2 heteroatoms. The van der Waals surface area contributed by atoms with Gasteiger partial charge in [-0.2, -0.15) is 0 Å². The SMILES string of the molecule is CC(C1=CNCN1)c1ccccc1. The number of hydrogen-bond donors (Lipinski definition) is 2. The van der Waals surface area contributed by atoms with Crippen LogP contribution in [-0.2, 0) is 0 Å².